The van der Waals surface area contributed by atoms with Crippen molar-refractivity contribution in [3.8, 4) is 0 Å². The van der Waals surface area contributed by atoms with Gasteiger partial charge < -0.3 is 9.47 Å². The number of carbonyl (C=O) groups is 1. The molecule has 0 aliphatic heterocycles. The molecule has 0 saturated carbocycles. The summed E-state index contributed by atoms with van der Waals surface area (Å²) in [5.41, 5.74) is 1.19. The Hall–Kier alpha value is -2.12. The lowest BCUT2D eigenvalue weighted by atomic mass is 10.2. The summed E-state index contributed by atoms with van der Waals surface area (Å²) in [4.78, 5) is 15.3. The molecule has 0 fully saturated rings. The Morgan fingerprint density at radius 1 is 1.20 bits per heavy atom. The Kier molecular flexibility index (Phi) is 5.88. The average molecular weight is 373 g/mol. The summed E-state index contributed by atoms with van der Waals surface area (Å²) in [7, 11) is 1.84. The van der Waals surface area contributed by atoms with Crippen molar-refractivity contribution < 1.29 is 4.79 Å². The molecule has 3 aromatic rings. The Morgan fingerprint density at radius 2 is 2.00 bits per heavy atom. The van der Waals surface area contributed by atoms with Crippen molar-refractivity contribution in [3.63, 3.8) is 0 Å². The molecule has 0 aliphatic rings. The van der Waals surface area contributed by atoms with Crippen LogP contribution in [0.25, 0.3) is 0 Å². The summed E-state index contributed by atoms with van der Waals surface area (Å²) in [6.07, 6.45) is 0. The van der Waals surface area contributed by atoms with E-state index in [9.17, 15) is 4.79 Å². The summed E-state index contributed by atoms with van der Waals surface area (Å²) in [5.74, 6) is 1.30. The molecule has 1 amide bonds. The molecule has 5 nitrogen and oxygen atoms in total. The van der Waals surface area contributed by atoms with E-state index in [2.05, 4.69) is 22.3 Å². The fourth-order valence-corrected chi connectivity index (χ4v) is 4.06. The van der Waals surface area contributed by atoms with Crippen molar-refractivity contribution in [3.05, 3.63) is 64.1 Å². The highest BCUT2D eigenvalue weighted by molar-refractivity contribution is 7.99. The number of nitrogens with zero attached hydrogens (tertiary/aromatic N) is 4. The molecular formula is C18H20N4OS2. The van der Waals surface area contributed by atoms with Crippen LogP contribution in [0.1, 0.15) is 16.3 Å². The predicted octanol–water partition coefficient (Wildman–Crippen LogP) is 3.45. The number of aromatic nitrogens is 3. The maximum atomic E-state index is 12.4. The number of carbonyl (C=O) groups excluding carboxylic acids is 1. The van der Waals surface area contributed by atoms with Crippen LogP contribution in [0.5, 0.6) is 0 Å². The monoisotopic (exact) mass is 372 g/mol. The highest BCUT2D eigenvalue weighted by atomic mass is 32.2. The van der Waals surface area contributed by atoms with Crippen LogP contribution in [0.15, 0.2) is 53.0 Å². The Bertz CT molecular complexity index is 815. The van der Waals surface area contributed by atoms with E-state index in [4.69, 9.17) is 0 Å². The fourth-order valence-electron chi connectivity index (χ4n) is 2.38. The lowest BCUT2D eigenvalue weighted by Gasteiger charge is -2.16. The van der Waals surface area contributed by atoms with Gasteiger partial charge in [-0.05, 0) is 23.9 Å². The smallest absolute Gasteiger partial charge is 0.233 e. The van der Waals surface area contributed by atoms with Crippen LogP contribution in [-0.4, -0.2) is 38.4 Å². The molecule has 1 aromatic carbocycles. The molecule has 0 atom stereocenters. The minimum absolute atomic E-state index is 0.0883. The second-order valence-electron chi connectivity index (χ2n) is 5.72. The number of amides is 1. The highest BCUT2D eigenvalue weighted by Crippen LogP contribution is 2.19. The fraction of sp³-hybridized carbons (Fsp3) is 0.278. The lowest BCUT2D eigenvalue weighted by Crippen LogP contribution is -2.27. The average Bonchev–Trinajstić information content (AvgIpc) is 3.25. The first-order chi connectivity index (χ1) is 12.1. The third-order valence-corrected chi connectivity index (χ3v) is 5.62. The molecule has 0 saturated heterocycles. The minimum Gasteiger partial charge on any atom is -0.340 e. The summed E-state index contributed by atoms with van der Waals surface area (Å²) < 4.78 is 2.05. The van der Waals surface area contributed by atoms with E-state index in [1.54, 1.807) is 16.2 Å². The zero-order valence-corrected chi connectivity index (χ0v) is 15.9. The summed E-state index contributed by atoms with van der Waals surface area (Å²) in [5, 5.41) is 11.2. The van der Waals surface area contributed by atoms with Crippen molar-refractivity contribution in [1.29, 1.82) is 0 Å². The van der Waals surface area contributed by atoms with E-state index in [1.165, 1.54) is 22.2 Å². The van der Waals surface area contributed by atoms with E-state index in [1.807, 2.05) is 54.3 Å². The van der Waals surface area contributed by atoms with Gasteiger partial charge in [0.25, 0.3) is 0 Å². The standard InChI is InChI=1S/C18H20N4OS2/c1-14-19-20-18(22(14)11-15-7-4-3-5-8-15)25-13-17(23)21(2)12-16-9-6-10-24-16/h3-10H,11-13H2,1-2H3. The van der Waals surface area contributed by atoms with E-state index in [0.29, 0.717) is 18.8 Å². The van der Waals surface area contributed by atoms with Gasteiger partial charge in [0, 0.05) is 11.9 Å². The van der Waals surface area contributed by atoms with Crippen molar-refractivity contribution in [2.24, 2.45) is 0 Å². The molecule has 7 heteroatoms. The van der Waals surface area contributed by atoms with Gasteiger partial charge in [-0.3, -0.25) is 4.79 Å². The molecule has 0 spiro atoms. The van der Waals surface area contributed by atoms with Crippen LogP contribution in [0.2, 0.25) is 0 Å². The van der Waals surface area contributed by atoms with Gasteiger partial charge in [-0.2, -0.15) is 0 Å². The number of benzene rings is 1. The molecule has 3 rings (SSSR count). The van der Waals surface area contributed by atoms with E-state index in [0.717, 1.165) is 11.0 Å². The number of thioether (sulfide) groups is 1. The maximum Gasteiger partial charge on any atom is 0.233 e. The van der Waals surface area contributed by atoms with Gasteiger partial charge in [0.1, 0.15) is 5.82 Å². The van der Waals surface area contributed by atoms with Crippen LogP contribution in [0.3, 0.4) is 0 Å². The molecule has 0 unspecified atom stereocenters. The Balaban J connectivity index is 1.60. The van der Waals surface area contributed by atoms with Crippen molar-refractivity contribution in [2.75, 3.05) is 12.8 Å². The highest BCUT2D eigenvalue weighted by Gasteiger charge is 2.15. The van der Waals surface area contributed by atoms with Gasteiger partial charge in [0.15, 0.2) is 5.16 Å². The Labute approximate surface area is 155 Å². The topological polar surface area (TPSA) is 51.0 Å². The molecule has 25 heavy (non-hydrogen) atoms. The van der Waals surface area contributed by atoms with Gasteiger partial charge in [-0.1, -0.05) is 48.2 Å². The number of hydrogen-bond donors (Lipinski definition) is 0. The summed E-state index contributed by atoms with van der Waals surface area (Å²) >= 11 is 3.10. The van der Waals surface area contributed by atoms with Crippen molar-refractivity contribution in [1.82, 2.24) is 19.7 Å². The first-order valence-electron chi connectivity index (χ1n) is 7.96. The zero-order chi connectivity index (χ0) is 17.6. The number of rotatable bonds is 7. The van der Waals surface area contributed by atoms with Gasteiger partial charge in [-0.25, -0.2) is 0 Å². The second kappa shape index (κ2) is 8.31. The Morgan fingerprint density at radius 3 is 2.72 bits per heavy atom. The summed E-state index contributed by atoms with van der Waals surface area (Å²) in [6.45, 7) is 3.29. The molecule has 0 N–H and O–H groups in total. The van der Waals surface area contributed by atoms with Crippen molar-refractivity contribution >= 4 is 29.0 Å². The SMILES string of the molecule is Cc1nnc(SCC(=O)N(C)Cc2cccs2)n1Cc1ccccc1. The first kappa shape index (κ1) is 17.7. The van der Waals surface area contributed by atoms with Crippen molar-refractivity contribution in [2.45, 2.75) is 25.2 Å². The molecule has 0 bridgehead atoms. The molecule has 0 radical (unpaired) electrons. The molecule has 2 heterocycles. The van der Waals surface area contributed by atoms with Crippen LogP contribution in [0.4, 0.5) is 0 Å². The number of thiophene rings is 1. The predicted molar refractivity (Wildman–Crippen MR) is 102 cm³/mol. The maximum absolute atomic E-state index is 12.4. The van der Waals surface area contributed by atoms with Gasteiger partial charge in [-0.15, -0.1) is 21.5 Å². The molecule has 2 aromatic heterocycles. The van der Waals surface area contributed by atoms with Crippen LogP contribution < -0.4 is 0 Å². The van der Waals surface area contributed by atoms with Crippen LogP contribution >= 0.6 is 23.1 Å². The molecular weight excluding hydrogens is 352 g/mol. The third-order valence-electron chi connectivity index (χ3n) is 3.81. The summed E-state index contributed by atoms with van der Waals surface area (Å²) in [6, 6.07) is 14.2. The second-order valence-corrected chi connectivity index (χ2v) is 7.69. The number of hydrogen-bond acceptors (Lipinski definition) is 5. The van der Waals surface area contributed by atoms with E-state index in [-0.39, 0.29) is 5.91 Å². The molecule has 0 aliphatic carbocycles. The first-order valence-corrected chi connectivity index (χ1v) is 9.83. The van der Waals surface area contributed by atoms with Crippen LogP contribution in [-0.2, 0) is 17.9 Å². The zero-order valence-electron chi connectivity index (χ0n) is 14.3. The lowest BCUT2D eigenvalue weighted by molar-refractivity contribution is -0.127. The van der Waals surface area contributed by atoms with Gasteiger partial charge in [0.2, 0.25) is 5.91 Å². The number of aryl methyl sites for hydroxylation is 1. The van der Waals surface area contributed by atoms with Gasteiger partial charge >= 0.3 is 0 Å². The quantitative estimate of drug-likeness (QED) is 0.596. The molecule has 130 valence electrons. The normalized spacial score (nSPS) is 10.8. The largest absolute Gasteiger partial charge is 0.340 e. The van der Waals surface area contributed by atoms with E-state index < -0.39 is 0 Å². The third kappa shape index (κ3) is 4.70. The van der Waals surface area contributed by atoms with Crippen LogP contribution in [0, 0.1) is 6.92 Å². The minimum atomic E-state index is 0.0883. The van der Waals surface area contributed by atoms with E-state index >= 15 is 0 Å². The van der Waals surface area contributed by atoms with Gasteiger partial charge in [0.05, 0.1) is 18.8 Å².